The standard InChI is InChI=1S/C47H72O19/c1-42(2)25-8-11-47(7)36(22(49)16-20-21-17-44(4,41(59)60)13-12-43(21,3)14-15-46(20,47)6)45(25,5)10-9-26(42)63-40-35(66-39-31(55)29(53)28(52)24(18-48)62-39)33(32(56)34(65-40)37(57)58)64-38-30(54)27(51)23(50)19-61-38/h16,21,23-36,38-40,48,50-56H,8-15,17-19H2,1-7H3,(H,57,58)(H,59,60)/t21-,23+,24+,25-,26-,27-,28-,29-,30+,31+,32-,33-,34-,35+,36+,38-,39-,40+,43+,44-,45-,46+,47+/m0/s1. The van der Waals surface area contributed by atoms with Gasteiger partial charge in [0.1, 0.15) is 61.0 Å². The molecule has 7 fully saturated rings. The molecule has 3 saturated heterocycles. The monoisotopic (exact) mass is 940 g/mol. The van der Waals surface area contributed by atoms with E-state index in [2.05, 4.69) is 27.7 Å². The van der Waals surface area contributed by atoms with Crippen LogP contribution in [0.4, 0.5) is 0 Å². The summed E-state index contributed by atoms with van der Waals surface area (Å²) in [5, 5.41) is 106. The molecule has 66 heavy (non-hydrogen) atoms. The molecule has 0 aromatic rings. The van der Waals surface area contributed by atoms with Crippen molar-refractivity contribution in [2.45, 2.75) is 198 Å². The summed E-state index contributed by atoms with van der Waals surface area (Å²) < 4.78 is 36.1. The maximum atomic E-state index is 15.0. The van der Waals surface area contributed by atoms with Crippen LogP contribution in [0.5, 0.6) is 0 Å². The molecule has 10 N–H and O–H groups in total. The van der Waals surface area contributed by atoms with E-state index < -0.39 is 139 Å². The quantitative estimate of drug-likeness (QED) is 0.142. The van der Waals surface area contributed by atoms with E-state index in [1.54, 1.807) is 0 Å². The smallest absolute Gasteiger partial charge is 0.335 e. The molecule has 0 radical (unpaired) electrons. The number of carboxylic acid groups (broad SMARTS) is 2. The second-order valence-corrected chi connectivity index (χ2v) is 22.9. The molecule has 19 nitrogen and oxygen atoms in total. The number of allylic oxidation sites excluding steroid dienone is 2. The molecule has 8 rings (SSSR count). The van der Waals surface area contributed by atoms with Crippen LogP contribution in [0, 0.1) is 50.2 Å². The minimum absolute atomic E-state index is 0.0434. The molecular formula is C47H72O19. The largest absolute Gasteiger partial charge is 0.481 e. The van der Waals surface area contributed by atoms with Crippen molar-refractivity contribution in [2.75, 3.05) is 13.2 Å². The lowest BCUT2D eigenvalue weighted by atomic mass is 9.33. The van der Waals surface area contributed by atoms with Crippen molar-refractivity contribution >= 4 is 17.7 Å². The minimum Gasteiger partial charge on any atom is -0.481 e. The van der Waals surface area contributed by atoms with Gasteiger partial charge in [-0.05, 0) is 110 Å². The Morgan fingerprint density at radius 1 is 0.712 bits per heavy atom. The van der Waals surface area contributed by atoms with Crippen LogP contribution in [0.15, 0.2) is 11.6 Å². The van der Waals surface area contributed by atoms with Gasteiger partial charge in [-0.15, -0.1) is 0 Å². The average molecular weight is 941 g/mol. The maximum Gasteiger partial charge on any atom is 0.335 e. The molecule has 3 aliphatic heterocycles. The van der Waals surface area contributed by atoms with E-state index in [0.29, 0.717) is 38.5 Å². The summed E-state index contributed by atoms with van der Waals surface area (Å²) >= 11 is 0. The van der Waals surface area contributed by atoms with Crippen molar-refractivity contribution in [1.82, 2.24) is 0 Å². The third kappa shape index (κ3) is 7.65. The predicted molar refractivity (Wildman–Crippen MR) is 226 cm³/mol. The van der Waals surface area contributed by atoms with Crippen LogP contribution >= 0.6 is 0 Å². The number of rotatable bonds is 9. The number of carbonyl (C=O) groups excluding carboxylic acids is 1. The van der Waals surface area contributed by atoms with Gasteiger partial charge in [0.2, 0.25) is 0 Å². The number of carboxylic acids is 2. The zero-order valence-electron chi connectivity index (χ0n) is 38.9. The Kier molecular flexibility index (Phi) is 13.1. The summed E-state index contributed by atoms with van der Waals surface area (Å²) in [7, 11) is 0. The number of aliphatic carboxylic acids is 2. The van der Waals surface area contributed by atoms with E-state index in [9.17, 15) is 60.7 Å². The fraction of sp³-hybridized carbons (Fsp3) is 0.894. The number of aliphatic hydroxyl groups is 8. The number of ether oxygens (including phenoxy) is 6. The SMILES string of the molecule is CC1(C)[C@@H](O[C@@H]2O[C@H](C(=O)O)[C@@H](O)[C@H](O[C@@H]3OC[C@@H](O)[C@H](O)[C@H]3O)[C@H]2O[C@@H]2O[C@H](CO)[C@H](O)[C@H](O)[C@H]2O)CC[C@]2(C)[C@H]3C(=O)C=C4[C@@H]5C[C@@](C)(C(=O)O)CC[C@]5(C)CC[C@@]4(C)[C@]3(C)CC[C@@H]12. The molecule has 5 aliphatic carbocycles. The zero-order valence-corrected chi connectivity index (χ0v) is 38.9. The Bertz CT molecular complexity index is 1910. The van der Waals surface area contributed by atoms with Crippen molar-refractivity contribution in [3.8, 4) is 0 Å². The highest BCUT2D eigenvalue weighted by atomic mass is 16.8. The van der Waals surface area contributed by atoms with Crippen LogP contribution < -0.4 is 0 Å². The van der Waals surface area contributed by atoms with Gasteiger partial charge in [-0.2, -0.15) is 0 Å². The first-order valence-corrected chi connectivity index (χ1v) is 23.7. The van der Waals surface area contributed by atoms with Crippen LogP contribution in [0.2, 0.25) is 0 Å². The number of aliphatic hydroxyl groups excluding tert-OH is 8. The summed E-state index contributed by atoms with van der Waals surface area (Å²) in [6.07, 6.45) is -18.2. The van der Waals surface area contributed by atoms with Crippen molar-refractivity contribution in [1.29, 1.82) is 0 Å². The number of fused-ring (bicyclic) bond motifs is 7. The van der Waals surface area contributed by atoms with E-state index in [4.69, 9.17) is 28.4 Å². The van der Waals surface area contributed by atoms with E-state index in [-0.39, 0.29) is 34.4 Å². The first-order valence-electron chi connectivity index (χ1n) is 23.7. The highest BCUT2D eigenvalue weighted by molar-refractivity contribution is 5.95. The van der Waals surface area contributed by atoms with E-state index in [1.807, 2.05) is 26.8 Å². The Morgan fingerprint density at radius 2 is 1.36 bits per heavy atom. The van der Waals surface area contributed by atoms with Gasteiger partial charge in [-0.1, -0.05) is 47.1 Å². The van der Waals surface area contributed by atoms with Crippen molar-refractivity contribution in [3.63, 3.8) is 0 Å². The van der Waals surface area contributed by atoms with E-state index in [1.165, 1.54) is 0 Å². The van der Waals surface area contributed by atoms with Gasteiger partial charge in [0.15, 0.2) is 30.8 Å². The lowest BCUT2D eigenvalue weighted by molar-refractivity contribution is -0.392. The summed E-state index contributed by atoms with van der Waals surface area (Å²) in [6.45, 7) is 13.5. The van der Waals surface area contributed by atoms with Gasteiger partial charge in [0.05, 0.1) is 24.7 Å². The molecule has 0 unspecified atom stereocenters. The fourth-order valence-corrected chi connectivity index (χ4v) is 14.6. The van der Waals surface area contributed by atoms with Gasteiger partial charge in [-0.25, -0.2) is 4.79 Å². The molecule has 23 atom stereocenters. The Hall–Kier alpha value is -2.21. The van der Waals surface area contributed by atoms with Gasteiger partial charge < -0.3 is 79.5 Å². The third-order valence-corrected chi connectivity index (χ3v) is 19.0. The number of carbonyl (C=O) groups is 3. The second-order valence-electron chi connectivity index (χ2n) is 22.9. The normalized spacial score (nSPS) is 53.6. The molecule has 4 saturated carbocycles. The predicted octanol–water partition coefficient (Wildman–Crippen LogP) is 0.617. The van der Waals surface area contributed by atoms with Crippen molar-refractivity contribution in [2.24, 2.45) is 50.2 Å². The molecule has 19 heteroatoms. The summed E-state index contributed by atoms with van der Waals surface area (Å²) in [5.74, 6) is -2.95. The highest BCUT2D eigenvalue weighted by Crippen LogP contribution is 2.75. The van der Waals surface area contributed by atoms with Crippen molar-refractivity contribution in [3.05, 3.63) is 11.6 Å². The van der Waals surface area contributed by atoms with Crippen LogP contribution in [0.3, 0.4) is 0 Å². The molecule has 8 aliphatic rings. The molecule has 0 aromatic heterocycles. The second kappa shape index (κ2) is 17.3. The Morgan fingerprint density at radius 3 is 2.02 bits per heavy atom. The number of hydrogen-bond donors (Lipinski definition) is 10. The van der Waals surface area contributed by atoms with Crippen LogP contribution in [0.1, 0.15) is 106 Å². The average Bonchev–Trinajstić information content (AvgIpc) is 3.24. The summed E-state index contributed by atoms with van der Waals surface area (Å²) in [4.78, 5) is 40.4. The van der Waals surface area contributed by atoms with E-state index >= 15 is 4.79 Å². The molecule has 3 heterocycles. The fourth-order valence-electron chi connectivity index (χ4n) is 14.6. The lowest BCUT2D eigenvalue weighted by Crippen LogP contribution is -2.69. The molecule has 0 bridgehead atoms. The summed E-state index contributed by atoms with van der Waals surface area (Å²) in [6, 6.07) is 0. The Balaban J connectivity index is 1.11. The summed E-state index contributed by atoms with van der Waals surface area (Å²) in [5.41, 5.74) is -2.02. The molecular weight excluding hydrogens is 868 g/mol. The van der Waals surface area contributed by atoms with Gasteiger partial charge in [-0.3, -0.25) is 9.59 Å². The molecule has 0 aromatic carbocycles. The highest BCUT2D eigenvalue weighted by Gasteiger charge is 2.71. The van der Waals surface area contributed by atoms with Crippen LogP contribution in [-0.2, 0) is 42.8 Å². The first kappa shape index (κ1) is 50.2. The third-order valence-electron chi connectivity index (χ3n) is 19.0. The van der Waals surface area contributed by atoms with Crippen molar-refractivity contribution < 1.29 is 93.9 Å². The van der Waals surface area contributed by atoms with Gasteiger partial charge in [0, 0.05) is 5.92 Å². The zero-order chi connectivity index (χ0) is 48.4. The lowest BCUT2D eigenvalue weighted by Gasteiger charge is -2.70. The molecule has 0 spiro atoms. The molecule has 374 valence electrons. The topological polar surface area (TPSA) is 309 Å². The van der Waals surface area contributed by atoms with Gasteiger partial charge in [0.25, 0.3) is 0 Å². The first-order chi connectivity index (χ1) is 30.7. The number of ketones is 1. The van der Waals surface area contributed by atoms with Crippen LogP contribution in [-0.4, -0.2) is 174 Å². The van der Waals surface area contributed by atoms with Crippen LogP contribution in [0.25, 0.3) is 0 Å². The number of hydrogen-bond acceptors (Lipinski definition) is 17. The maximum absolute atomic E-state index is 15.0. The van der Waals surface area contributed by atoms with Gasteiger partial charge >= 0.3 is 11.9 Å². The molecule has 0 amide bonds. The minimum atomic E-state index is -2.09. The van der Waals surface area contributed by atoms with E-state index in [0.717, 1.165) is 24.8 Å². The Labute approximate surface area is 384 Å².